The third-order valence-electron chi connectivity index (χ3n) is 1.85. The predicted molar refractivity (Wildman–Crippen MR) is 58.7 cm³/mol. The lowest BCUT2D eigenvalue weighted by Gasteiger charge is -1.99. The van der Waals surface area contributed by atoms with E-state index >= 15 is 0 Å². The number of methoxy groups -OCH3 is 1. The summed E-state index contributed by atoms with van der Waals surface area (Å²) >= 11 is 0. The normalized spacial score (nSPS) is 9.67. The van der Waals surface area contributed by atoms with Crippen LogP contribution in [-0.2, 0) is 0 Å². The summed E-state index contributed by atoms with van der Waals surface area (Å²) in [5.41, 5.74) is 1.33. The first-order valence-electron chi connectivity index (χ1n) is 4.90. The molecule has 0 aliphatic heterocycles. The maximum absolute atomic E-state index is 13.0. The Hall–Kier alpha value is -1.58. The zero-order valence-corrected chi connectivity index (χ0v) is 9.39. The minimum Gasteiger partial charge on any atom is -0.494 e. The molecule has 1 aromatic carbocycles. The van der Waals surface area contributed by atoms with E-state index in [1.807, 2.05) is 20.8 Å². The van der Waals surface area contributed by atoms with Crippen LogP contribution in [0.5, 0.6) is 5.75 Å². The molecule has 0 saturated heterocycles. The first-order valence-corrected chi connectivity index (χ1v) is 4.90. The summed E-state index contributed by atoms with van der Waals surface area (Å²) < 4.78 is 18.0. The number of halogens is 1. The molecule has 0 unspecified atom stereocenters. The molecule has 15 heavy (non-hydrogen) atoms. The van der Waals surface area contributed by atoms with Gasteiger partial charge in [-0.15, -0.1) is 0 Å². The van der Waals surface area contributed by atoms with E-state index in [0.29, 0.717) is 16.8 Å². The fourth-order valence-corrected chi connectivity index (χ4v) is 1.33. The highest BCUT2D eigenvalue weighted by atomic mass is 19.1. The Morgan fingerprint density at radius 2 is 2.00 bits per heavy atom. The Labute approximate surface area is 88.3 Å². The Kier molecular flexibility index (Phi) is 3.66. The molecule has 0 bridgehead atoms. The van der Waals surface area contributed by atoms with Gasteiger partial charge in [-0.2, -0.15) is 0 Å². The highest BCUT2D eigenvalue weighted by Gasteiger charge is 2.07. The van der Waals surface area contributed by atoms with E-state index in [-0.39, 0.29) is 5.82 Å². The van der Waals surface area contributed by atoms with Crippen LogP contribution in [0.2, 0.25) is 0 Å². The number of nitrogens with zero attached hydrogens (tertiary/aromatic N) is 1. The topological polar surface area (TPSA) is 37.9 Å². The molecular weight excluding hydrogens is 195 g/mol. The van der Waals surface area contributed by atoms with Crippen LogP contribution < -0.4 is 4.74 Å². The summed E-state index contributed by atoms with van der Waals surface area (Å²) in [5, 5.41) is 0. The average molecular weight is 210 g/mol. The number of aromatic amines is 1. The second-order valence-corrected chi connectivity index (χ2v) is 2.83. The van der Waals surface area contributed by atoms with Crippen LogP contribution in [0.4, 0.5) is 4.39 Å². The molecule has 0 atom stereocenters. The lowest BCUT2D eigenvalue weighted by Crippen LogP contribution is -1.86. The smallest absolute Gasteiger partial charge is 0.149 e. The number of aromatic nitrogens is 2. The van der Waals surface area contributed by atoms with E-state index in [4.69, 9.17) is 4.74 Å². The molecule has 4 heteroatoms. The van der Waals surface area contributed by atoms with Gasteiger partial charge in [0.1, 0.15) is 22.9 Å². The Morgan fingerprint density at radius 3 is 2.60 bits per heavy atom. The third kappa shape index (κ3) is 2.26. The number of hydrogen-bond donors (Lipinski definition) is 1. The zero-order valence-electron chi connectivity index (χ0n) is 9.39. The van der Waals surface area contributed by atoms with E-state index in [1.165, 1.54) is 19.2 Å². The first kappa shape index (κ1) is 11.5. The number of fused-ring (bicyclic) bond motifs is 1. The molecule has 1 heterocycles. The molecule has 1 N–H and O–H groups in total. The zero-order chi connectivity index (χ0) is 11.4. The molecular formula is C11H15FN2O. The van der Waals surface area contributed by atoms with Crippen LogP contribution in [-0.4, -0.2) is 17.1 Å². The van der Waals surface area contributed by atoms with Gasteiger partial charge in [0, 0.05) is 6.07 Å². The number of ether oxygens (including phenoxy) is 1. The van der Waals surface area contributed by atoms with E-state index < -0.39 is 0 Å². The molecule has 0 spiro atoms. The minimum absolute atomic E-state index is 0.326. The van der Waals surface area contributed by atoms with E-state index in [0.717, 1.165) is 5.82 Å². The van der Waals surface area contributed by atoms with E-state index in [1.54, 1.807) is 0 Å². The van der Waals surface area contributed by atoms with Crippen molar-refractivity contribution in [3.8, 4) is 5.75 Å². The number of hydrogen-bond acceptors (Lipinski definition) is 2. The highest BCUT2D eigenvalue weighted by molar-refractivity contribution is 5.81. The molecule has 0 radical (unpaired) electrons. The average Bonchev–Trinajstić information content (AvgIpc) is 2.60. The quantitative estimate of drug-likeness (QED) is 0.785. The molecule has 0 aliphatic carbocycles. The van der Waals surface area contributed by atoms with Crippen molar-refractivity contribution in [1.29, 1.82) is 0 Å². The molecule has 1 aromatic heterocycles. The van der Waals surface area contributed by atoms with Gasteiger partial charge in [0.05, 0.1) is 12.6 Å². The van der Waals surface area contributed by atoms with Gasteiger partial charge in [-0.05, 0) is 13.0 Å². The monoisotopic (exact) mass is 210 g/mol. The van der Waals surface area contributed by atoms with Gasteiger partial charge in [-0.1, -0.05) is 13.8 Å². The molecule has 2 aromatic rings. The number of rotatable bonds is 1. The van der Waals surface area contributed by atoms with Gasteiger partial charge in [0.15, 0.2) is 0 Å². The maximum Gasteiger partial charge on any atom is 0.149 e. The largest absolute Gasteiger partial charge is 0.494 e. The Balaban J connectivity index is 0.000000531. The van der Waals surface area contributed by atoms with Crippen molar-refractivity contribution in [2.45, 2.75) is 20.8 Å². The van der Waals surface area contributed by atoms with E-state index in [9.17, 15) is 4.39 Å². The molecule has 0 saturated carbocycles. The van der Waals surface area contributed by atoms with E-state index in [2.05, 4.69) is 9.97 Å². The summed E-state index contributed by atoms with van der Waals surface area (Å²) in [6, 6.07) is 2.72. The van der Waals surface area contributed by atoms with Crippen molar-refractivity contribution >= 4 is 11.0 Å². The SMILES string of the molecule is CC.COc1cc(F)cc2[nH]c(C)nc12. The van der Waals surface area contributed by atoms with Crippen molar-refractivity contribution in [1.82, 2.24) is 9.97 Å². The molecule has 3 nitrogen and oxygen atoms in total. The van der Waals surface area contributed by atoms with Crippen molar-refractivity contribution < 1.29 is 9.13 Å². The van der Waals surface area contributed by atoms with Gasteiger partial charge in [0.2, 0.25) is 0 Å². The van der Waals surface area contributed by atoms with Crippen molar-refractivity contribution in [3.05, 3.63) is 23.8 Å². The summed E-state index contributed by atoms with van der Waals surface area (Å²) in [6.07, 6.45) is 0. The molecule has 0 fully saturated rings. The van der Waals surface area contributed by atoms with Crippen LogP contribution in [0.15, 0.2) is 12.1 Å². The van der Waals surface area contributed by atoms with Gasteiger partial charge in [0.25, 0.3) is 0 Å². The third-order valence-corrected chi connectivity index (χ3v) is 1.85. The number of nitrogens with one attached hydrogen (secondary N) is 1. The summed E-state index contributed by atoms with van der Waals surface area (Å²) in [6.45, 7) is 5.82. The Bertz CT molecular complexity index is 451. The van der Waals surface area contributed by atoms with Crippen LogP contribution in [0.1, 0.15) is 19.7 Å². The number of imidazole rings is 1. The van der Waals surface area contributed by atoms with Crippen LogP contribution in [0, 0.1) is 12.7 Å². The molecule has 0 aliphatic rings. The second-order valence-electron chi connectivity index (χ2n) is 2.83. The number of aryl methyl sites for hydroxylation is 1. The van der Waals surface area contributed by atoms with Crippen LogP contribution in [0.25, 0.3) is 11.0 Å². The molecule has 0 amide bonds. The van der Waals surface area contributed by atoms with Crippen LogP contribution in [0.3, 0.4) is 0 Å². The lowest BCUT2D eigenvalue weighted by atomic mass is 10.3. The predicted octanol–water partition coefficient (Wildman–Crippen LogP) is 3.05. The fourth-order valence-electron chi connectivity index (χ4n) is 1.33. The minimum atomic E-state index is -0.326. The highest BCUT2D eigenvalue weighted by Crippen LogP contribution is 2.24. The van der Waals surface area contributed by atoms with Gasteiger partial charge >= 0.3 is 0 Å². The lowest BCUT2D eigenvalue weighted by molar-refractivity contribution is 0.415. The van der Waals surface area contributed by atoms with Gasteiger partial charge < -0.3 is 9.72 Å². The van der Waals surface area contributed by atoms with Crippen molar-refractivity contribution in [2.24, 2.45) is 0 Å². The fraction of sp³-hybridized carbons (Fsp3) is 0.364. The number of H-pyrrole nitrogens is 1. The number of benzene rings is 1. The molecule has 2 rings (SSSR count). The van der Waals surface area contributed by atoms with Crippen molar-refractivity contribution in [2.75, 3.05) is 7.11 Å². The maximum atomic E-state index is 13.0. The van der Waals surface area contributed by atoms with Crippen LogP contribution >= 0.6 is 0 Å². The van der Waals surface area contributed by atoms with Gasteiger partial charge in [-0.25, -0.2) is 9.37 Å². The summed E-state index contributed by atoms with van der Waals surface area (Å²) in [4.78, 5) is 7.12. The van der Waals surface area contributed by atoms with Crippen molar-refractivity contribution in [3.63, 3.8) is 0 Å². The standard InChI is InChI=1S/C9H9FN2O.C2H6/c1-5-11-7-3-6(10)4-8(13-2)9(7)12-5;1-2/h3-4H,1-2H3,(H,11,12);1-2H3. The first-order chi connectivity index (χ1) is 7.20. The second kappa shape index (κ2) is 4.77. The van der Waals surface area contributed by atoms with Gasteiger partial charge in [-0.3, -0.25) is 0 Å². The summed E-state index contributed by atoms with van der Waals surface area (Å²) in [5.74, 6) is 0.881. The molecule has 82 valence electrons. The Morgan fingerprint density at radius 1 is 1.33 bits per heavy atom. The summed E-state index contributed by atoms with van der Waals surface area (Å²) in [7, 11) is 1.50.